The number of thiazole rings is 1. The minimum absolute atomic E-state index is 0.125. The molecule has 2 rings (SSSR count). The largest absolute Gasteiger partial charge is 0.494 e. The van der Waals surface area contributed by atoms with E-state index in [1.165, 1.54) is 16.9 Å². The summed E-state index contributed by atoms with van der Waals surface area (Å²) in [5, 5.41) is 11.2. The van der Waals surface area contributed by atoms with E-state index in [9.17, 15) is 4.79 Å². The Balaban J connectivity index is 1.75. The van der Waals surface area contributed by atoms with E-state index in [0.29, 0.717) is 12.5 Å². The number of carboxylic acids is 1. The minimum atomic E-state index is -0.973. The first-order valence-electron chi connectivity index (χ1n) is 6.96. The molecule has 0 spiro atoms. The van der Waals surface area contributed by atoms with Gasteiger partial charge in [0.25, 0.3) is 0 Å². The van der Waals surface area contributed by atoms with Gasteiger partial charge in [-0.2, -0.15) is 0 Å². The van der Waals surface area contributed by atoms with Gasteiger partial charge in [0.05, 0.1) is 11.6 Å². The van der Waals surface area contributed by atoms with Crippen molar-refractivity contribution in [2.24, 2.45) is 0 Å². The number of hydrogen-bond donors (Lipinski definition) is 1. The average molecular weight is 305 g/mol. The second kappa shape index (κ2) is 7.22. The molecule has 0 aliphatic carbocycles. The van der Waals surface area contributed by atoms with E-state index in [0.717, 1.165) is 23.6 Å². The molecule has 2 aromatic rings. The van der Waals surface area contributed by atoms with Crippen LogP contribution >= 0.6 is 11.3 Å². The zero-order valence-electron chi connectivity index (χ0n) is 12.2. The van der Waals surface area contributed by atoms with E-state index in [-0.39, 0.29) is 5.69 Å². The molecule has 1 aromatic heterocycles. The molecule has 5 heteroatoms. The first-order chi connectivity index (χ1) is 10.1. The molecular formula is C16H19NO3S. The maximum atomic E-state index is 10.7. The van der Waals surface area contributed by atoms with Crippen LogP contribution in [0.3, 0.4) is 0 Å². The van der Waals surface area contributed by atoms with Crippen molar-refractivity contribution in [1.29, 1.82) is 0 Å². The molecule has 1 aromatic carbocycles. The van der Waals surface area contributed by atoms with Crippen LogP contribution in [0.4, 0.5) is 0 Å². The van der Waals surface area contributed by atoms with Crippen LogP contribution in [0.5, 0.6) is 5.75 Å². The van der Waals surface area contributed by atoms with Crippen LogP contribution < -0.4 is 4.74 Å². The van der Waals surface area contributed by atoms with Crippen molar-refractivity contribution < 1.29 is 14.6 Å². The quantitative estimate of drug-likeness (QED) is 0.786. The predicted molar refractivity (Wildman–Crippen MR) is 83.4 cm³/mol. The molecule has 0 atom stereocenters. The van der Waals surface area contributed by atoms with E-state index in [2.05, 4.69) is 31.0 Å². The average Bonchev–Trinajstić information content (AvgIpc) is 2.93. The van der Waals surface area contributed by atoms with Gasteiger partial charge in [0.2, 0.25) is 0 Å². The van der Waals surface area contributed by atoms with Gasteiger partial charge in [-0.05, 0) is 30.0 Å². The van der Waals surface area contributed by atoms with Gasteiger partial charge in [-0.15, -0.1) is 11.3 Å². The highest BCUT2D eigenvalue weighted by atomic mass is 32.1. The highest BCUT2D eigenvalue weighted by molar-refractivity contribution is 7.09. The van der Waals surface area contributed by atoms with Gasteiger partial charge in [-0.25, -0.2) is 9.78 Å². The fourth-order valence-electron chi connectivity index (χ4n) is 1.89. The Morgan fingerprint density at radius 1 is 1.33 bits per heavy atom. The van der Waals surface area contributed by atoms with E-state index in [1.807, 2.05) is 12.1 Å². The van der Waals surface area contributed by atoms with Crippen LogP contribution in [0.1, 0.15) is 47.2 Å². The smallest absolute Gasteiger partial charge is 0.355 e. The highest BCUT2D eigenvalue weighted by Gasteiger charge is 2.08. The van der Waals surface area contributed by atoms with Gasteiger partial charge < -0.3 is 9.84 Å². The van der Waals surface area contributed by atoms with Crippen LogP contribution in [0.25, 0.3) is 0 Å². The third-order valence-electron chi connectivity index (χ3n) is 3.12. The maximum Gasteiger partial charge on any atom is 0.355 e. The van der Waals surface area contributed by atoms with Crippen LogP contribution in [-0.4, -0.2) is 22.7 Å². The van der Waals surface area contributed by atoms with Crippen LogP contribution in [0, 0.1) is 0 Å². The zero-order valence-corrected chi connectivity index (χ0v) is 13.0. The lowest BCUT2D eigenvalue weighted by atomic mass is 10.0. The Labute approximate surface area is 128 Å². The molecule has 21 heavy (non-hydrogen) atoms. The molecule has 0 bridgehead atoms. The number of carbonyl (C=O) groups is 1. The fourth-order valence-corrected chi connectivity index (χ4v) is 2.70. The Morgan fingerprint density at radius 3 is 2.62 bits per heavy atom. The monoisotopic (exact) mass is 305 g/mol. The van der Waals surface area contributed by atoms with Crippen molar-refractivity contribution in [1.82, 2.24) is 4.98 Å². The summed E-state index contributed by atoms with van der Waals surface area (Å²) in [5.74, 6) is 0.413. The third kappa shape index (κ3) is 4.56. The Hall–Kier alpha value is -1.88. The lowest BCUT2D eigenvalue weighted by Gasteiger charge is -2.08. The maximum absolute atomic E-state index is 10.7. The molecule has 0 fully saturated rings. The van der Waals surface area contributed by atoms with Crippen molar-refractivity contribution >= 4 is 17.3 Å². The summed E-state index contributed by atoms with van der Waals surface area (Å²) in [7, 11) is 0. The van der Waals surface area contributed by atoms with Crippen LogP contribution in [0.2, 0.25) is 0 Å². The van der Waals surface area contributed by atoms with Crippen LogP contribution in [-0.2, 0) is 6.42 Å². The van der Waals surface area contributed by atoms with Gasteiger partial charge in [0, 0.05) is 11.8 Å². The normalized spacial score (nSPS) is 10.8. The summed E-state index contributed by atoms with van der Waals surface area (Å²) in [5.41, 5.74) is 1.42. The number of aromatic nitrogens is 1. The molecular weight excluding hydrogens is 286 g/mol. The van der Waals surface area contributed by atoms with Gasteiger partial charge in [-0.1, -0.05) is 26.0 Å². The van der Waals surface area contributed by atoms with Crippen molar-refractivity contribution in [3.8, 4) is 5.75 Å². The van der Waals surface area contributed by atoms with E-state index < -0.39 is 5.97 Å². The second-order valence-corrected chi connectivity index (χ2v) is 6.05. The van der Waals surface area contributed by atoms with E-state index in [1.54, 1.807) is 5.38 Å². The number of ether oxygens (including phenoxy) is 1. The number of carboxylic acid groups (broad SMARTS) is 1. The number of rotatable bonds is 7. The molecule has 0 aliphatic heterocycles. The molecule has 0 amide bonds. The van der Waals surface area contributed by atoms with Crippen LogP contribution in [0.15, 0.2) is 29.6 Å². The first kappa shape index (κ1) is 15.5. The molecule has 0 saturated heterocycles. The van der Waals surface area contributed by atoms with Crippen molar-refractivity contribution in [2.75, 3.05) is 6.61 Å². The standard InChI is InChI=1S/C16H19NO3S/c1-11(2)12-5-7-13(8-6-12)20-9-3-4-15-17-14(10-21-15)16(18)19/h5-8,10-11H,3-4,9H2,1-2H3,(H,18,19). The van der Waals surface area contributed by atoms with Gasteiger partial charge >= 0.3 is 5.97 Å². The number of benzene rings is 1. The van der Waals surface area contributed by atoms with Gasteiger partial charge in [-0.3, -0.25) is 0 Å². The predicted octanol–water partition coefficient (Wildman–Crippen LogP) is 3.98. The summed E-state index contributed by atoms with van der Waals surface area (Å²) in [6.07, 6.45) is 1.56. The Kier molecular flexibility index (Phi) is 5.33. The van der Waals surface area contributed by atoms with Crippen molar-refractivity contribution in [3.05, 3.63) is 45.9 Å². The first-order valence-corrected chi connectivity index (χ1v) is 7.84. The summed E-state index contributed by atoms with van der Waals surface area (Å²) >= 11 is 1.38. The summed E-state index contributed by atoms with van der Waals surface area (Å²) < 4.78 is 5.68. The van der Waals surface area contributed by atoms with E-state index in [4.69, 9.17) is 9.84 Å². The third-order valence-corrected chi connectivity index (χ3v) is 4.03. The fraction of sp³-hybridized carbons (Fsp3) is 0.375. The number of hydrogen-bond acceptors (Lipinski definition) is 4. The molecule has 1 heterocycles. The second-order valence-electron chi connectivity index (χ2n) is 5.11. The van der Waals surface area contributed by atoms with Gasteiger partial charge in [0.15, 0.2) is 5.69 Å². The lowest BCUT2D eigenvalue weighted by molar-refractivity contribution is 0.0691. The lowest BCUT2D eigenvalue weighted by Crippen LogP contribution is -2.00. The Bertz CT molecular complexity index is 590. The summed E-state index contributed by atoms with van der Waals surface area (Å²) in [6, 6.07) is 8.14. The summed E-state index contributed by atoms with van der Waals surface area (Å²) in [6.45, 7) is 4.92. The molecule has 0 saturated carbocycles. The van der Waals surface area contributed by atoms with Crippen molar-refractivity contribution in [3.63, 3.8) is 0 Å². The molecule has 112 valence electrons. The minimum Gasteiger partial charge on any atom is -0.494 e. The number of nitrogens with zero attached hydrogens (tertiary/aromatic N) is 1. The summed E-state index contributed by atoms with van der Waals surface area (Å²) in [4.78, 5) is 14.8. The molecule has 1 N–H and O–H groups in total. The SMILES string of the molecule is CC(C)c1ccc(OCCCc2nc(C(=O)O)cs2)cc1. The molecule has 0 aliphatic rings. The zero-order chi connectivity index (χ0) is 15.2. The highest BCUT2D eigenvalue weighted by Crippen LogP contribution is 2.19. The number of aromatic carboxylic acids is 1. The van der Waals surface area contributed by atoms with Crippen molar-refractivity contribution in [2.45, 2.75) is 32.6 Å². The Morgan fingerprint density at radius 2 is 2.05 bits per heavy atom. The van der Waals surface area contributed by atoms with Gasteiger partial charge in [0.1, 0.15) is 5.75 Å². The number of aryl methyl sites for hydroxylation is 1. The topological polar surface area (TPSA) is 59.4 Å². The van der Waals surface area contributed by atoms with E-state index >= 15 is 0 Å². The molecule has 0 unspecified atom stereocenters. The molecule has 4 nitrogen and oxygen atoms in total. The molecule has 0 radical (unpaired) electrons.